The highest BCUT2D eigenvalue weighted by atomic mass is 19.1. The molecule has 9 heteroatoms. The molecule has 3 rings (SSSR count). The zero-order valence-corrected chi connectivity index (χ0v) is 16.0. The van der Waals surface area contributed by atoms with Gasteiger partial charge in [0.2, 0.25) is 11.8 Å². The number of pyridine rings is 1. The normalized spacial score (nSPS) is 14.3. The summed E-state index contributed by atoms with van der Waals surface area (Å²) in [4.78, 5) is 37.5. The van der Waals surface area contributed by atoms with Crippen LogP contribution in [0.4, 0.5) is 8.78 Å². The van der Waals surface area contributed by atoms with E-state index in [2.05, 4.69) is 5.32 Å². The molecule has 0 radical (unpaired) electrons. The highest BCUT2D eigenvalue weighted by Gasteiger charge is 2.46. The largest absolute Gasteiger partial charge is 0.503 e. The third kappa shape index (κ3) is 3.98. The number of rotatable bonds is 7. The topological polar surface area (TPSA) is 91.6 Å². The molecule has 2 amide bonds. The van der Waals surface area contributed by atoms with E-state index in [4.69, 9.17) is 0 Å². The van der Waals surface area contributed by atoms with Crippen LogP contribution in [0.1, 0.15) is 34.5 Å². The number of likely N-dealkylation sites (N-methyl/N-ethyl adjacent to an activating group) is 1. The van der Waals surface area contributed by atoms with Gasteiger partial charge in [-0.2, -0.15) is 0 Å². The van der Waals surface area contributed by atoms with Gasteiger partial charge in [-0.05, 0) is 25.8 Å². The molecule has 1 aromatic carbocycles. The molecule has 1 heterocycles. The van der Waals surface area contributed by atoms with Crippen LogP contribution < -0.4 is 10.7 Å². The summed E-state index contributed by atoms with van der Waals surface area (Å²) >= 11 is 0. The van der Waals surface area contributed by atoms with E-state index in [-0.39, 0.29) is 23.4 Å². The first-order valence-corrected chi connectivity index (χ1v) is 9.02. The number of amides is 2. The maximum absolute atomic E-state index is 13.7. The number of benzene rings is 1. The van der Waals surface area contributed by atoms with Crippen molar-refractivity contribution in [2.24, 2.45) is 0 Å². The summed E-state index contributed by atoms with van der Waals surface area (Å²) in [5, 5.41) is 12.6. The molecule has 1 saturated carbocycles. The molecule has 0 saturated heterocycles. The highest BCUT2D eigenvalue weighted by Crippen LogP contribution is 2.42. The molecular formula is C20H21F2N3O4. The van der Waals surface area contributed by atoms with Gasteiger partial charge in [-0.25, -0.2) is 8.78 Å². The van der Waals surface area contributed by atoms with Gasteiger partial charge in [-0.15, -0.1) is 0 Å². The third-order valence-corrected chi connectivity index (χ3v) is 5.42. The molecule has 1 aromatic heterocycles. The van der Waals surface area contributed by atoms with E-state index in [0.29, 0.717) is 12.6 Å². The second-order valence-corrected chi connectivity index (χ2v) is 7.29. The van der Waals surface area contributed by atoms with Crippen LogP contribution in [0.5, 0.6) is 5.75 Å². The standard InChI is InChI=1S/C20H21F2N3O4/c1-12-17(27)18(28)15(9-25(12)10-20(5-6-20)24(2)11-26)19(29)23-8-13-3-4-14(21)7-16(13)22/h3-4,7,9,11,27H,5-6,8,10H2,1-2H3,(H,23,29). The fraction of sp³-hybridized carbons (Fsp3) is 0.350. The molecule has 7 nitrogen and oxygen atoms in total. The van der Waals surface area contributed by atoms with Crippen molar-refractivity contribution >= 4 is 12.3 Å². The Morgan fingerprint density at radius 1 is 1.38 bits per heavy atom. The van der Waals surface area contributed by atoms with Crippen LogP contribution in [0, 0.1) is 18.6 Å². The van der Waals surface area contributed by atoms with Crippen LogP contribution in [-0.4, -0.2) is 39.5 Å². The summed E-state index contributed by atoms with van der Waals surface area (Å²) in [6.45, 7) is 1.61. The summed E-state index contributed by atoms with van der Waals surface area (Å²) in [6, 6.07) is 2.96. The van der Waals surface area contributed by atoms with Gasteiger partial charge in [-0.3, -0.25) is 14.4 Å². The molecule has 0 unspecified atom stereocenters. The summed E-state index contributed by atoms with van der Waals surface area (Å²) in [7, 11) is 1.66. The molecule has 0 atom stereocenters. The molecule has 2 aromatic rings. The Hall–Kier alpha value is -3.23. The fourth-order valence-electron chi connectivity index (χ4n) is 3.20. The Balaban J connectivity index is 1.85. The Morgan fingerprint density at radius 2 is 2.07 bits per heavy atom. The Bertz CT molecular complexity index is 1030. The van der Waals surface area contributed by atoms with Crippen LogP contribution in [0.25, 0.3) is 0 Å². The van der Waals surface area contributed by atoms with E-state index in [0.717, 1.165) is 25.3 Å². The van der Waals surface area contributed by atoms with Crippen molar-refractivity contribution in [1.82, 2.24) is 14.8 Å². The zero-order chi connectivity index (χ0) is 21.3. The van der Waals surface area contributed by atoms with E-state index in [1.165, 1.54) is 12.3 Å². The Labute approximate surface area is 165 Å². The van der Waals surface area contributed by atoms with Crippen LogP contribution in [0.3, 0.4) is 0 Å². The SMILES string of the molecule is Cc1c(O)c(=O)c(C(=O)NCc2ccc(F)cc2F)cn1CC1(N(C)C=O)CC1. The van der Waals surface area contributed by atoms with E-state index < -0.39 is 34.3 Å². The predicted molar refractivity (Wildman–Crippen MR) is 100 cm³/mol. The second-order valence-electron chi connectivity index (χ2n) is 7.29. The maximum atomic E-state index is 13.7. The number of aromatic hydroxyl groups is 1. The van der Waals surface area contributed by atoms with Gasteiger partial charge in [0, 0.05) is 38.0 Å². The lowest BCUT2D eigenvalue weighted by Gasteiger charge is -2.26. The first-order chi connectivity index (χ1) is 13.7. The predicted octanol–water partition coefficient (Wildman–Crippen LogP) is 1.69. The zero-order valence-electron chi connectivity index (χ0n) is 16.0. The number of hydrogen-bond donors (Lipinski definition) is 2. The fourth-order valence-corrected chi connectivity index (χ4v) is 3.20. The van der Waals surface area contributed by atoms with Gasteiger partial charge in [-0.1, -0.05) is 6.07 Å². The molecule has 1 aliphatic rings. The number of aromatic nitrogens is 1. The number of carbonyl (C=O) groups is 2. The molecular weight excluding hydrogens is 384 g/mol. The number of carbonyl (C=O) groups excluding carboxylic acids is 2. The Morgan fingerprint density at radius 3 is 2.66 bits per heavy atom. The number of halogens is 2. The monoisotopic (exact) mass is 405 g/mol. The number of nitrogens with one attached hydrogen (secondary N) is 1. The maximum Gasteiger partial charge on any atom is 0.257 e. The van der Waals surface area contributed by atoms with Gasteiger partial charge in [0.15, 0.2) is 5.75 Å². The van der Waals surface area contributed by atoms with Gasteiger partial charge < -0.3 is 19.9 Å². The summed E-state index contributed by atoms with van der Waals surface area (Å²) in [6.07, 6.45) is 3.57. The molecule has 0 spiro atoms. The van der Waals surface area contributed by atoms with E-state index in [1.54, 1.807) is 23.4 Å². The lowest BCUT2D eigenvalue weighted by atomic mass is 10.1. The van der Waals surface area contributed by atoms with E-state index in [1.807, 2.05) is 0 Å². The molecule has 1 aliphatic carbocycles. The van der Waals surface area contributed by atoms with Crippen LogP contribution >= 0.6 is 0 Å². The number of hydrogen-bond acceptors (Lipinski definition) is 4. The van der Waals surface area contributed by atoms with Crippen molar-refractivity contribution in [3.8, 4) is 5.75 Å². The van der Waals surface area contributed by atoms with Crippen molar-refractivity contribution in [2.45, 2.75) is 38.4 Å². The van der Waals surface area contributed by atoms with Crippen molar-refractivity contribution in [2.75, 3.05) is 7.05 Å². The highest BCUT2D eigenvalue weighted by molar-refractivity contribution is 5.94. The van der Waals surface area contributed by atoms with Crippen LogP contribution in [0.2, 0.25) is 0 Å². The average Bonchev–Trinajstić information content (AvgIpc) is 3.47. The minimum absolute atomic E-state index is 0.0564. The lowest BCUT2D eigenvalue weighted by molar-refractivity contribution is -0.119. The third-order valence-electron chi connectivity index (χ3n) is 5.42. The number of nitrogens with zero attached hydrogens (tertiary/aromatic N) is 2. The van der Waals surface area contributed by atoms with Crippen molar-refractivity contribution in [1.29, 1.82) is 0 Å². The average molecular weight is 405 g/mol. The van der Waals surface area contributed by atoms with Gasteiger partial charge in [0.1, 0.15) is 17.2 Å². The summed E-state index contributed by atoms with van der Waals surface area (Å²) in [5.41, 5.74) is -1.23. The van der Waals surface area contributed by atoms with Gasteiger partial charge in [0.05, 0.1) is 11.2 Å². The molecule has 29 heavy (non-hydrogen) atoms. The molecule has 0 bridgehead atoms. The molecule has 0 aliphatic heterocycles. The van der Waals surface area contributed by atoms with Crippen LogP contribution in [-0.2, 0) is 17.9 Å². The van der Waals surface area contributed by atoms with Crippen molar-refractivity contribution in [3.63, 3.8) is 0 Å². The smallest absolute Gasteiger partial charge is 0.257 e. The minimum atomic E-state index is -0.843. The second kappa shape index (κ2) is 7.65. The lowest BCUT2D eigenvalue weighted by Crippen LogP contribution is -2.38. The summed E-state index contributed by atoms with van der Waals surface area (Å²) in [5.74, 6) is -2.91. The van der Waals surface area contributed by atoms with Crippen LogP contribution in [0.15, 0.2) is 29.2 Å². The quantitative estimate of drug-likeness (QED) is 0.686. The summed E-state index contributed by atoms with van der Waals surface area (Å²) < 4.78 is 28.3. The molecule has 154 valence electrons. The Kier molecular flexibility index (Phi) is 5.41. The van der Waals surface area contributed by atoms with Gasteiger partial charge >= 0.3 is 0 Å². The first-order valence-electron chi connectivity index (χ1n) is 9.02. The molecule has 1 fully saturated rings. The van der Waals surface area contributed by atoms with E-state index in [9.17, 15) is 28.3 Å². The molecule has 2 N–H and O–H groups in total. The first kappa shape index (κ1) is 20.5. The van der Waals surface area contributed by atoms with E-state index >= 15 is 0 Å². The van der Waals surface area contributed by atoms with Crippen molar-refractivity contribution in [3.05, 3.63) is 63.1 Å². The van der Waals surface area contributed by atoms with Crippen molar-refractivity contribution < 1.29 is 23.5 Å². The van der Waals surface area contributed by atoms with Gasteiger partial charge in [0.25, 0.3) is 5.91 Å². The minimum Gasteiger partial charge on any atom is -0.503 e.